The summed E-state index contributed by atoms with van der Waals surface area (Å²) in [7, 11) is 0. The Morgan fingerprint density at radius 1 is 0.829 bits per heavy atom. The fraction of sp³-hybridized carbons (Fsp3) is 0.0357. The van der Waals surface area contributed by atoms with E-state index in [4.69, 9.17) is 16.3 Å². The average molecular weight is 483 g/mol. The third kappa shape index (κ3) is 4.39. The first kappa shape index (κ1) is 22.4. The topological polar surface area (TPSA) is 75.7 Å². The second-order valence-electron chi connectivity index (χ2n) is 8.07. The van der Waals surface area contributed by atoms with Crippen molar-refractivity contribution in [2.24, 2.45) is 0 Å². The summed E-state index contributed by atoms with van der Waals surface area (Å²) in [5.41, 5.74) is 2.24. The number of nitrogens with one attached hydrogen (secondary N) is 1. The van der Waals surface area contributed by atoms with Crippen LogP contribution in [-0.2, 0) is 9.59 Å². The zero-order valence-corrected chi connectivity index (χ0v) is 19.4. The van der Waals surface area contributed by atoms with Crippen LogP contribution in [0, 0.1) is 6.92 Å². The molecule has 35 heavy (non-hydrogen) atoms. The van der Waals surface area contributed by atoms with Crippen molar-refractivity contribution < 1.29 is 19.1 Å². The molecule has 5 rings (SSSR count). The zero-order valence-electron chi connectivity index (χ0n) is 18.6. The number of nitrogens with zero attached hydrogens (tertiary/aromatic N) is 1. The van der Waals surface area contributed by atoms with Gasteiger partial charge in [0.15, 0.2) is 0 Å². The Labute approximate surface area is 206 Å². The monoisotopic (exact) mass is 482 g/mol. The number of carbonyl (C=O) groups excluding carboxylic acids is 3. The lowest BCUT2D eigenvalue weighted by Gasteiger charge is -2.15. The molecule has 0 saturated carbocycles. The number of imide groups is 1. The number of aryl methyl sites for hydroxylation is 1. The van der Waals surface area contributed by atoms with E-state index in [-0.39, 0.29) is 10.7 Å². The smallest absolute Gasteiger partial charge is 0.343 e. The van der Waals surface area contributed by atoms with E-state index < -0.39 is 17.8 Å². The number of fused-ring (bicyclic) bond motifs is 1. The lowest BCUT2D eigenvalue weighted by molar-refractivity contribution is -0.120. The second kappa shape index (κ2) is 9.08. The van der Waals surface area contributed by atoms with E-state index in [9.17, 15) is 14.4 Å². The fourth-order valence-corrected chi connectivity index (χ4v) is 3.98. The summed E-state index contributed by atoms with van der Waals surface area (Å²) in [6.07, 6.45) is 0. The Morgan fingerprint density at radius 3 is 2.23 bits per heavy atom. The van der Waals surface area contributed by atoms with Crippen LogP contribution in [0.2, 0.25) is 0 Å². The Kier molecular flexibility index (Phi) is 5.81. The third-order valence-electron chi connectivity index (χ3n) is 5.64. The Bertz CT molecular complexity index is 1510. The van der Waals surface area contributed by atoms with E-state index in [1.54, 1.807) is 48.5 Å². The lowest BCUT2D eigenvalue weighted by atomic mass is 10.1. The minimum Gasteiger partial charge on any atom is -0.423 e. The van der Waals surface area contributed by atoms with Crippen molar-refractivity contribution in [1.29, 1.82) is 0 Å². The number of carbonyl (C=O) groups is 3. The molecule has 172 valence electrons. The molecule has 4 aromatic carbocycles. The number of hydrogen-bond acceptors (Lipinski definition) is 5. The molecule has 0 atom stereocenters. The predicted molar refractivity (Wildman–Crippen MR) is 136 cm³/mol. The highest BCUT2D eigenvalue weighted by molar-refractivity contribution is 6.53. The van der Waals surface area contributed by atoms with Crippen LogP contribution in [0.5, 0.6) is 5.75 Å². The molecule has 0 aliphatic carbocycles. The predicted octanol–water partition coefficient (Wildman–Crippen LogP) is 5.80. The first-order valence-corrected chi connectivity index (χ1v) is 11.2. The van der Waals surface area contributed by atoms with Crippen molar-refractivity contribution in [3.05, 3.63) is 113 Å². The summed E-state index contributed by atoms with van der Waals surface area (Å²) in [5, 5.41) is 4.73. The second-order valence-corrected chi connectivity index (χ2v) is 8.45. The van der Waals surface area contributed by atoms with Crippen LogP contribution in [0.1, 0.15) is 15.9 Å². The highest BCUT2D eigenvalue weighted by Crippen LogP contribution is 2.30. The van der Waals surface area contributed by atoms with Gasteiger partial charge in [0.05, 0.1) is 11.3 Å². The van der Waals surface area contributed by atoms with Crippen LogP contribution in [0.15, 0.2) is 102 Å². The van der Waals surface area contributed by atoms with Gasteiger partial charge >= 0.3 is 5.97 Å². The Balaban J connectivity index is 1.29. The molecule has 0 spiro atoms. The summed E-state index contributed by atoms with van der Waals surface area (Å²) in [6, 6.07) is 26.6. The van der Waals surface area contributed by atoms with Crippen LogP contribution in [0.3, 0.4) is 0 Å². The normalized spacial score (nSPS) is 13.5. The van der Waals surface area contributed by atoms with Gasteiger partial charge < -0.3 is 10.1 Å². The van der Waals surface area contributed by atoms with Gasteiger partial charge in [-0.05, 0) is 66.2 Å². The SMILES string of the molecule is Cc1ccc(N2C(=O)C(Cl)=C(Nc3ccc(C(=O)Oc4ccc5ccccc5c4)cc3)C2=O)cc1. The van der Waals surface area contributed by atoms with Gasteiger partial charge in [0.1, 0.15) is 16.5 Å². The maximum atomic E-state index is 12.9. The summed E-state index contributed by atoms with van der Waals surface area (Å²) in [5.74, 6) is -1.22. The quantitative estimate of drug-likeness (QED) is 0.221. The molecule has 1 aliphatic rings. The maximum absolute atomic E-state index is 12.9. The van der Waals surface area contributed by atoms with Crippen LogP contribution >= 0.6 is 11.6 Å². The summed E-state index contributed by atoms with van der Waals surface area (Å²) >= 11 is 6.19. The molecule has 0 bridgehead atoms. The minimum absolute atomic E-state index is 0.0243. The number of esters is 1. The van der Waals surface area contributed by atoms with Crippen LogP contribution in [-0.4, -0.2) is 17.8 Å². The van der Waals surface area contributed by atoms with Gasteiger partial charge in [-0.2, -0.15) is 0 Å². The van der Waals surface area contributed by atoms with Gasteiger partial charge in [-0.25, -0.2) is 9.69 Å². The Hall–Kier alpha value is -4.42. The molecular weight excluding hydrogens is 464 g/mol. The van der Waals surface area contributed by atoms with Crippen molar-refractivity contribution in [2.45, 2.75) is 6.92 Å². The summed E-state index contributed by atoms with van der Waals surface area (Å²) in [4.78, 5) is 39.2. The van der Waals surface area contributed by atoms with Crippen LogP contribution in [0.4, 0.5) is 11.4 Å². The van der Waals surface area contributed by atoms with Gasteiger partial charge in [0, 0.05) is 5.69 Å². The van der Waals surface area contributed by atoms with E-state index in [0.29, 0.717) is 22.7 Å². The van der Waals surface area contributed by atoms with Gasteiger partial charge in [-0.1, -0.05) is 59.6 Å². The zero-order chi connectivity index (χ0) is 24.5. The van der Waals surface area contributed by atoms with Gasteiger partial charge in [-0.15, -0.1) is 0 Å². The van der Waals surface area contributed by atoms with Crippen molar-refractivity contribution in [2.75, 3.05) is 10.2 Å². The lowest BCUT2D eigenvalue weighted by Crippen LogP contribution is -2.32. The highest BCUT2D eigenvalue weighted by Gasteiger charge is 2.38. The number of anilines is 2. The molecule has 6 nitrogen and oxygen atoms in total. The number of rotatable bonds is 5. The molecule has 0 radical (unpaired) electrons. The molecule has 1 heterocycles. The Morgan fingerprint density at radius 2 is 1.51 bits per heavy atom. The molecule has 0 aromatic heterocycles. The molecule has 7 heteroatoms. The van der Waals surface area contributed by atoms with Crippen molar-refractivity contribution in [3.63, 3.8) is 0 Å². The van der Waals surface area contributed by atoms with E-state index in [1.165, 1.54) is 0 Å². The van der Waals surface area contributed by atoms with Crippen molar-refractivity contribution in [1.82, 2.24) is 0 Å². The van der Waals surface area contributed by atoms with E-state index in [1.807, 2.05) is 49.4 Å². The van der Waals surface area contributed by atoms with Crippen molar-refractivity contribution >= 4 is 51.5 Å². The number of hydrogen-bond donors (Lipinski definition) is 1. The standard InChI is InChI=1S/C28H19ClN2O4/c1-17-6-13-22(14-7-17)31-26(32)24(29)25(27(31)33)30-21-11-8-19(9-12-21)28(34)35-23-15-10-18-4-2-3-5-20(18)16-23/h2-16,30H,1H3. The number of halogens is 1. The maximum Gasteiger partial charge on any atom is 0.343 e. The molecule has 2 amide bonds. The number of amides is 2. The molecule has 1 aliphatic heterocycles. The first-order chi connectivity index (χ1) is 16.9. The molecule has 0 fully saturated rings. The molecule has 0 unspecified atom stereocenters. The van der Waals surface area contributed by atoms with E-state index in [0.717, 1.165) is 21.2 Å². The molecule has 1 N–H and O–H groups in total. The first-order valence-electron chi connectivity index (χ1n) is 10.8. The average Bonchev–Trinajstić information content (AvgIpc) is 3.08. The molecule has 0 saturated heterocycles. The summed E-state index contributed by atoms with van der Waals surface area (Å²) in [6.45, 7) is 1.91. The van der Waals surface area contributed by atoms with Gasteiger partial charge in [0.25, 0.3) is 11.8 Å². The fourth-order valence-electron chi connectivity index (χ4n) is 3.77. The summed E-state index contributed by atoms with van der Waals surface area (Å²) < 4.78 is 5.51. The molecule has 4 aromatic rings. The van der Waals surface area contributed by atoms with E-state index in [2.05, 4.69) is 5.32 Å². The van der Waals surface area contributed by atoms with Crippen LogP contribution in [0.25, 0.3) is 10.8 Å². The largest absolute Gasteiger partial charge is 0.423 e. The van der Waals surface area contributed by atoms with Gasteiger partial charge in [-0.3, -0.25) is 9.59 Å². The highest BCUT2D eigenvalue weighted by atomic mass is 35.5. The van der Waals surface area contributed by atoms with E-state index >= 15 is 0 Å². The number of benzene rings is 4. The molecular formula is C28H19ClN2O4. The van der Waals surface area contributed by atoms with Gasteiger partial charge in [0.2, 0.25) is 0 Å². The van der Waals surface area contributed by atoms with Crippen LogP contribution < -0.4 is 15.0 Å². The van der Waals surface area contributed by atoms with Crippen molar-refractivity contribution in [3.8, 4) is 5.75 Å². The third-order valence-corrected chi connectivity index (χ3v) is 5.99. The minimum atomic E-state index is -0.599. The number of ether oxygens (including phenoxy) is 1.